The van der Waals surface area contributed by atoms with Gasteiger partial charge in [-0.25, -0.2) is 14.8 Å². The summed E-state index contributed by atoms with van der Waals surface area (Å²) in [5.74, 6) is 0.192. The second-order valence-electron chi connectivity index (χ2n) is 6.55. The SMILES string of the molecule is CC(C)(C)OC(=O)/C(=C/c1ccco1)Nc1nc2ccccc2nc1Cl. The lowest BCUT2D eigenvalue weighted by atomic mass is 10.2. The first kappa shape index (κ1) is 17.9. The Bertz CT molecular complexity index is 960. The number of aromatic nitrogens is 2. The molecule has 0 unspecified atom stereocenters. The molecule has 2 aromatic heterocycles. The number of esters is 1. The number of para-hydroxylation sites is 2. The number of furan rings is 1. The monoisotopic (exact) mass is 371 g/mol. The van der Waals surface area contributed by atoms with Crippen molar-refractivity contribution in [1.82, 2.24) is 9.97 Å². The van der Waals surface area contributed by atoms with Crippen LogP contribution in [-0.2, 0) is 9.53 Å². The molecule has 26 heavy (non-hydrogen) atoms. The summed E-state index contributed by atoms with van der Waals surface area (Å²) < 4.78 is 10.7. The molecular weight excluding hydrogens is 354 g/mol. The van der Waals surface area contributed by atoms with E-state index in [0.717, 1.165) is 0 Å². The summed E-state index contributed by atoms with van der Waals surface area (Å²) in [7, 11) is 0. The molecule has 0 radical (unpaired) electrons. The lowest BCUT2D eigenvalue weighted by Crippen LogP contribution is -2.27. The third-order valence-electron chi connectivity index (χ3n) is 3.23. The van der Waals surface area contributed by atoms with Crippen LogP contribution in [0.25, 0.3) is 17.1 Å². The highest BCUT2D eigenvalue weighted by Gasteiger charge is 2.22. The van der Waals surface area contributed by atoms with Gasteiger partial charge in [0, 0.05) is 6.08 Å². The van der Waals surface area contributed by atoms with E-state index in [1.165, 1.54) is 12.3 Å². The zero-order chi connectivity index (χ0) is 18.7. The molecule has 3 aromatic rings. The van der Waals surface area contributed by atoms with Crippen molar-refractivity contribution < 1.29 is 13.9 Å². The normalized spacial score (nSPS) is 12.2. The van der Waals surface area contributed by atoms with E-state index in [4.69, 9.17) is 20.8 Å². The maximum absolute atomic E-state index is 12.6. The van der Waals surface area contributed by atoms with E-state index < -0.39 is 11.6 Å². The van der Waals surface area contributed by atoms with Crippen molar-refractivity contribution in [2.24, 2.45) is 0 Å². The highest BCUT2D eigenvalue weighted by Crippen LogP contribution is 2.24. The van der Waals surface area contributed by atoms with Gasteiger partial charge in [0.15, 0.2) is 11.0 Å². The van der Waals surface area contributed by atoms with E-state index in [1.54, 1.807) is 32.9 Å². The van der Waals surface area contributed by atoms with E-state index >= 15 is 0 Å². The summed E-state index contributed by atoms with van der Waals surface area (Å²) in [5, 5.41) is 3.07. The molecular formula is C19H18ClN3O3. The Hall–Kier alpha value is -2.86. The average Bonchev–Trinajstić information content (AvgIpc) is 3.06. The number of nitrogens with zero attached hydrogens (tertiary/aromatic N) is 2. The van der Waals surface area contributed by atoms with E-state index in [1.807, 2.05) is 24.3 Å². The number of ether oxygens (including phenoxy) is 1. The molecule has 0 aliphatic rings. The Morgan fingerprint density at radius 1 is 1.15 bits per heavy atom. The molecule has 0 bridgehead atoms. The van der Waals surface area contributed by atoms with Gasteiger partial charge in [0.05, 0.1) is 17.3 Å². The summed E-state index contributed by atoms with van der Waals surface area (Å²) in [6.45, 7) is 5.37. The summed E-state index contributed by atoms with van der Waals surface area (Å²) in [4.78, 5) is 21.3. The van der Waals surface area contributed by atoms with E-state index in [-0.39, 0.29) is 16.7 Å². The van der Waals surface area contributed by atoms with Crippen molar-refractivity contribution in [3.8, 4) is 0 Å². The fourth-order valence-electron chi connectivity index (χ4n) is 2.18. The number of hydrogen-bond acceptors (Lipinski definition) is 6. The van der Waals surface area contributed by atoms with Crippen molar-refractivity contribution in [3.05, 3.63) is 59.3 Å². The van der Waals surface area contributed by atoms with Gasteiger partial charge < -0.3 is 14.5 Å². The van der Waals surface area contributed by atoms with Gasteiger partial charge >= 0.3 is 5.97 Å². The van der Waals surface area contributed by atoms with Crippen LogP contribution in [0.1, 0.15) is 26.5 Å². The van der Waals surface area contributed by atoms with Gasteiger partial charge in [0.25, 0.3) is 0 Å². The molecule has 3 rings (SSSR count). The highest BCUT2D eigenvalue weighted by molar-refractivity contribution is 6.32. The standard InChI is InChI=1S/C19H18ClN3O3/c1-19(2,3)26-18(24)15(11-12-7-6-10-25-12)23-17-16(20)21-13-8-4-5-9-14(13)22-17/h4-11H,1-3H3,(H,22,23)/b15-11-. The van der Waals surface area contributed by atoms with E-state index in [0.29, 0.717) is 16.8 Å². The van der Waals surface area contributed by atoms with Crippen LogP contribution in [0.2, 0.25) is 5.15 Å². The van der Waals surface area contributed by atoms with Crippen LogP contribution in [0.4, 0.5) is 5.82 Å². The fraction of sp³-hybridized carbons (Fsp3) is 0.211. The number of nitrogens with one attached hydrogen (secondary N) is 1. The predicted molar refractivity (Wildman–Crippen MR) is 101 cm³/mol. The largest absolute Gasteiger partial charge is 0.465 e. The molecule has 134 valence electrons. The first-order valence-corrected chi connectivity index (χ1v) is 8.37. The van der Waals surface area contributed by atoms with Crippen LogP contribution in [0.15, 0.2) is 52.8 Å². The third kappa shape index (κ3) is 4.40. The number of anilines is 1. The molecule has 0 aliphatic carbocycles. The van der Waals surface area contributed by atoms with Crippen molar-refractivity contribution >= 4 is 40.5 Å². The van der Waals surface area contributed by atoms with Crippen LogP contribution in [-0.4, -0.2) is 21.5 Å². The topological polar surface area (TPSA) is 77.2 Å². The lowest BCUT2D eigenvalue weighted by molar-refractivity contribution is -0.149. The molecule has 0 saturated heterocycles. The fourth-order valence-corrected chi connectivity index (χ4v) is 2.36. The number of benzene rings is 1. The molecule has 0 atom stereocenters. The molecule has 1 N–H and O–H groups in total. The minimum Gasteiger partial charge on any atom is -0.465 e. The number of carbonyl (C=O) groups excluding carboxylic acids is 1. The minimum absolute atomic E-state index is 0.140. The molecule has 0 aliphatic heterocycles. The summed E-state index contributed by atoms with van der Waals surface area (Å²) >= 11 is 6.23. The quantitative estimate of drug-likeness (QED) is 0.530. The molecule has 0 amide bonds. The summed E-state index contributed by atoms with van der Waals surface area (Å²) in [6, 6.07) is 10.8. The number of halogens is 1. The molecule has 2 heterocycles. The van der Waals surface area contributed by atoms with E-state index in [2.05, 4.69) is 15.3 Å². The van der Waals surface area contributed by atoms with Gasteiger partial charge in [0.1, 0.15) is 17.1 Å². The lowest BCUT2D eigenvalue weighted by Gasteiger charge is -2.21. The number of carbonyl (C=O) groups is 1. The first-order valence-electron chi connectivity index (χ1n) is 8.00. The maximum Gasteiger partial charge on any atom is 0.355 e. The van der Waals surface area contributed by atoms with Gasteiger partial charge in [-0.1, -0.05) is 23.7 Å². The molecule has 0 fully saturated rings. The zero-order valence-electron chi connectivity index (χ0n) is 14.6. The van der Waals surface area contributed by atoms with Crippen LogP contribution >= 0.6 is 11.6 Å². The Morgan fingerprint density at radius 2 is 1.85 bits per heavy atom. The van der Waals surface area contributed by atoms with Gasteiger partial charge in [-0.05, 0) is 45.0 Å². The van der Waals surface area contributed by atoms with Crippen LogP contribution in [0.5, 0.6) is 0 Å². The third-order valence-corrected chi connectivity index (χ3v) is 3.49. The van der Waals surface area contributed by atoms with Crippen molar-refractivity contribution in [2.75, 3.05) is 5.32 Å². The Balaban J connectivity index is 1.98. The number of hydrogen-bond donors (Lipinski definition) is 1. The summed E-state index contributed by atoms with van der Waals surface area (Å²) in [5.41, 5.74) is 0.805. The molecule has 7 heteroatoms. The minimum atomic E-state index is -0.653. The van der Waals surface area contributed by atoms with Gasteiger partial charge in [-0.3, -0.25) is 0 Å². The zero-order valence-corrected chi connectivity index (χ0v) is 15.4. The van der Waals surface area contributed by atoms with E-state index in [9.17, 15) is 4.79 Å². The Kier molecular flexibility index (Phi) is 4.95. The molecule has 0 spiro atoms. The Labute approximate surface area is 155 Å². The second-order valence-corrected chi connectivity index (χ2v) is 6.91. The maximum atomic E-state index is 12.6. The van der Waals surface area contributed by atoms with Crippen LogP contribution in [0, 0.1) is 0 Å². The summed E-state index contributed by atoms with van der Waals surface area (Å²) in [6.07, 6.45) is 3.04. The smallest absolute Gasteiger partial charge is 0.355 e. The molecule has 6 nitrogen and oxygen atoms in total. The van der Waals surface area contributed by atoms with Gasteiger partial charge in [-0.15, -0.1) is 0 Å². The van der Waals surface area contributed by atoms with Crippen molar-refractivity contribution in [1.29, 1.82) is 0 Å². The average molecular weight is 372 g/mol. The molecule has 0 saturated carbocycles. The van der Waals surface area contributed by atoms with Crippen LogP contribution in [0.3, 0.4) is 0 Å². The van der Waals surface area contributed by atoms with Gasteiger partial charge in [-0.2, -0.15) is 0 Å². The van der Waals surface area contributed by atoms with Crippen molar-refractivity contribution in [2.45, 2.75) is 26.4 Å². The van der Waals surface area contributed by atoms with Crippen molar-refractivity contribution in [3.63, 3.8) is 0 Å². The second kappa shape index (κ2) is 7.17. The van der Waals surface area contributed by atoms with Gasteiger partial charge in [0.2, 0.25) is 0 Å². The van der Waals surface area contributed by atoms with Crippen LogP contribution < -0.4 is 5.32 Å². The molecule has 1 aromatic carbocycles. The number of fused-ring (bicyclic) bond motifs is 1. The highest BCUT2D eigenvalue weighted by atomic mass is 35.5. The predicted octanol–water partition coefficient (Wildman–Crippen LogP) is 4.67. The number of rotatable bonds is 4. The first-order chi connectivity index (χ1) is 12.3. The Morgan fingerprint density at radius 3 is 2.46 bits per heavy atom.